The molecule has 2 amide bonds. The average Bonchev–Trinajstić information content (AvgIpc) is 3.08. The first kappa shape index (κ1) is 20.0. The van der Waals surface area contributed by atoms with Gasteiger partial charge in [-0.05, 0) is 25.1 Å². The second kappa shape index (κ2) is 8.51. The third-order valence-electron chi connectivity index (χ3n) is 4.49. The van der Waals surface area contributed by atoms with E-state index < -0.39 is 29.3 Å². The summed E-state index contributed by atoms with van der Waals surface area (Å²) in [6.45, 7) is 1.58. The van der Waals surface area contributed by atoms with Gasteiger partial charge in [0.2, 0.25) is 5.91 Å². The molecule has 0 radical (unpaired) electrons. The van der Waals surface area contributed by atoms with E-state index in [-0.39, 0.29) is 30.2 Å². The highest BCUT2D eigenvalue weighted by molar-refractivity contribution is 6.00. The van der Waals surface area contributed by atoms with Crippen LogP contribution in [0.15, 0.2) is 48.5 Å². The maximum atomic E-state index is 12.3. The van der Waals surface area contributed by atoms with E-state index in [9.17, 15) is 24.5 Å². The van der Waals surface area contributed by atoms with Crippen LogP contribution in [0.4, 0.5) is 17.1 Å². The molecule has 0 bridgehead atoms. The Balaban J connectivity index is 1.52. The Morgan fingerprint density at radius 3 is 2.66 bits per heavy atom. The van der Waals surface area contributed by atoms with Crippen molar-refractivity contribution in [3.8, 4) is 0 Å². The number of ether oxygens (including phenoxy) is 1. The number of non-ortho nitro benzene ring substituents is 1. The molecule has 1 saturated heterocycles. The Hall–Kier alpha value is -3.75. The normalized spacial score (nSPS) is 15.8. The highest BCUT2D eigenvalue weighted by Gasteiger charge is 2.36. The molecule has 150 valence electrons. The number of nitro benzene ring substituents is 1. The summed E-state index contributed by atoms with van der Waals surface area (Å²) in [6.07, 6.45) is 0.0131. The summed E-state index contributed by atoms with van der Waals surface area (Å²) in [6, 6.07) is 12.8. The SMILES string of the molecule is Cc1ccc(N2C[C@H](C(=O)OCC(=O)Nc3cccc([N+](=O)[O-])c3)CC2=O)cc1. The van der Waals surface area contributed by atoms with Crippen molar-refractivity contribution in [1.82, 2.24) is 0 Å². The van der Waals surface area contributed by atoms with Crippen molar-refractivity contribution >= 4 is 34.8 Å². The van der Waals surface area contributed by atoms with Gasteiger partial charge >= 0.3 is 5.97 Å². The minimum Gasteiger partial charge on any atom is -0.455 e. The van der Waals surface area contributed by atoms with E-state index in [0.29, 0.717) is 5.69 Å². The molecule has 1 aliphatic heterocycles. The molecule has 0 aromatic heterocycles. The van der Waals surface area contributed by atoms with Gasteiger partial charge in [0, 0.05) is 36.5 Å². The Bertz CT molecular complexity index is 957. The smallest absolute Gasteiger partial charge is 0.311 e. The summed E-state index contributed by atoms with van der Waals surface area (Å²) in [4.78, 5) is 48.1. The lowest BCUT2D eigenvalue weighted by molar-refractivity contribution is -0.384. The van der Waals surface area contributed by atoms with Gasteiger partial charge in [-0.2, -0.15) is 0 Å². The fraction of sp³-hybridized carbons (Fsp3) is 0.250. The fourth-order valence-corrected chi connectivity index (χ4v) is 2.99. The summed E-state index contributed by atoms with van der Waals surface area (Å²) in [7, 11) is 0. The third-order valence-corrected chi connectivity index (χ3v) is 4.49. The first-order chi connectivity index (χ1) is 13.8. The molecule has 9 heteroatoms. The Morgan fingerprint density at radius 1 is 1.24 bits per heavy atom. The number of hydrogen-bond acceptors (Lipinski definition) is 6. The van der Waals surface area contributed by atoms with E-state index in [1.54, 1.807) is 0 Å². The number of aryl methyl sites for hydroxylation is 1. The number of nitrogens with zero attached hydrogens (tertiary/aromatic N) is 2. The zero-order valence-corrected chi connectivity index (χ0v) is 15.7. The predicted molar refractivity (Wildman–Crippen MR) is 104 cm³/mol. The molecule has 9 nitrogen and oxygen atoms in total. The number of carbonyl (C=O) groups is 3. The molecule has 1 atom stereocenters. The van der Waals surface area contributed by atoms with Crippen LogP contribution in [0.25, 0.3) is 0 Å². The van der Waals surface area contributed by atoms with Crippen molar-refractivity contribution in [3.63, 3.8) is 0 Å². The van der Waals surface area contributed by atoms with Crippen molar-refractivity contribution in [1.29, 1.82) is 0 Å². The first-order valence-corrected chi connectivity index (χ1v) is 8.91. The number of benzene rings is 2. The van der Waals surface area contributed by atoms with Crippen LogP contribution < -0.4 is 10.2 Å². The van der Waals surface area contributed by atoms with Gasteiger partial charge < -0.3 is 15.0 Å². The van der Waals surface area contributed by atoms with Crippen molar-refractivity contribution in [2.75, 3.05) is 23.4 Å². The fourth-order valence-electron chi connectivity index (χ4n) is 2.99. The van der Waals surface area contributed by atoms with Gasteiger partial charge in [0.1, 0.15) is 0 Å². The molecular weight excluding hydrogens is 378 g/mol. The third kappa shape index (κ3) is 4.95. The molecule has 2 aromatic rings. The molecule has 2 aromatic carbocycles. The number of carbonyl (C=O) groups excluding carboxylic acids is 3. The monoisotopic (exact) mass is 397 g/mol. The van der Waals surface area contributed by atoms with Gasteiger partial charge in [0.05, 0.1) is 10.8 Å². The minimum atomic E-state index is -0.658. The van der Waals surface area contributed by atoms with Gasteiger partial charge in [-0.25, -0.2) is 0 Å². The minimum absolute atomic E-state index is 0.0131. The Morgan fingerprint density at radius 2 is 1.97 bits per heavy atom. The average molecular weight is 397 g/mol. The molecule has 1 aliphatic rings. The Kier molecular flexibility index (Phi) is 5.87. The van der Waals surface area contributed by atoms with Crippen LogP contribution >= 0.6 is 0 Å². The number of nitrogens with one attached hydrogen (secondary N) is 1. The van der Waals surface area contributed by atoms with E-state index in [4.69, 9.17) is 4.74 Å². The van der Waals surface area contributed by atoms with E-state index in [0.717, 1.165) is 5.56 Å². The zero-order chi connectivity index (χ0) is 21.0. The van der Waals surface area contributed by atoms with Crippen molar-refractivity contribution in [3.05, 3.63) is 64.2 Å². The standard InChI is InChI=1S/C20H19N3O6/c1-13-5-7-16(8-6-13)22-11-14(9-19(22)25)20(26)29-12-18(24)21-15-3-2-4-17(10-15)23(27)28/h2-8,10,14H,9,11-12H2,1H3,(H,21,24)/t14-/m1/s1. The quantitative estimate of drug-likeness (QED) is 0.454. The second-order valence-electron chi connectivity index (χ2n) is 6.70. The number of esters is 1. The van der Waals surface area contributed by atoms with Crippen LogP contribution in [0.1, 0.15) is 12.0 Å². The molecular formula is C20H19N3O6. The number of nitro groups is 1. The number of rotatable bonds is 6. The van der Waals surface area contributed by atoms with Crippen LogP contribution in [0.5, 0.6) is 0 Å². The largest absolute Gasteiger partial charge is 0.455 e. The van der Waals surface area contributed by atoms with Gasteiger partial charge in [0.25, 0.3) is 11.6 Å². The summed E-state index contributed by atoms with van der Waals surface area (Å²) >= 11 is 0. The maximum absolute atomic E-state index is 12.3. The molecule has 0 aliphatic carbocycles. The highest BCUT2D eigenvalue weighted by Crippen LogP contribution is 2.26. The van der Waals surface area contributed by atoms with Gasteiger partial charge in [-0.15, -0.1) is 0 Å². The molecule has 29 heavy (non-hydrogen) atoms. The van der Waals surface area contributed by atoms with Crippen LogP contribution in [-0.2, 0) is 19.1 Å². The van der Waals surface area contributed by atoms with Crippen molar-refractivity contribution in [2.45, 2.75) is 13.3 Å². The van der Waals surface area contributed by atoms with Gasteiger partial charge in [0.15, 0.2) is 6.61 Å². The lowest BCUT2D eigenvalue weighted by Gasteiger charge is -2.16. The van der Waals surface area contributed by atoms with E-state index in [1.165, 1.54) is 29.2 Å². The number of hydrogen-bond donors (Lipinski definition) is 1. The number of amides is 2. The lowest BCUT2D eigenvalue weighted by Crippen LogP contribution is -2.28. The molecule has 0 unspecified atom stereocenters. The zero-order valence-electron chi connectivity index (χ0n) is 15.7. The molecule has 3 rings (SSSR count). The van der Waals surface area contributed by atoms with Crippen molar-refractivity contribution in [2.24, 2.45) is 5.92 Å². The molecule has 1 N–H and O–H groups in total. The van der Waals surface area contributed by atoms with Gasteiger partial charge in [-0.1, -0.05) is 23.8 Å². The summed E-state index contributed by atoms with van der Waals surface area (Å²) < 4.78 is 5.03. The van der Waals surface area contributed by atoms with Crippen LogP contribution in [0.3, 0.4) is 0 Å². The first-order valence-electron chi connectivity index (χ1n) is 8.91. The molecule has 0 spiro atoms. The van der Waals surface area contributed by atoms with Crippen LogP contribution in [-0.4, -0.2) is 35.9 Å². The van der Waals surface area contributed by atoms with E-state index >= 15 is 0 Å². The maximum Gasteiger partial charge on any atom is 0.311 e. The van der Waals surface area contributed by atoms with E-state index in [1.807, 2.05) is 31.2 Å². The summed E-state index contributed by atoms with van der Waals surface area (Å²) in [5.41, 5.74) is 1.83. The molecule has 1 heterocycles. The number of anilines is 2. The second-order valence-corrected chi connectivity index (χ2v) is 6.70. The molecule has 1 fully saturated rings. The Labute approximate surface area is 166 Å². The lowest BCUT2D eigenvalue weighted by atomic mass is 10.1. The summed E-state index contributed by atoms with van der Waals surface area (Å²) in [5.74, 6) is -2.10. The predicted octanol–water partition coefficient (Wildman–Crippen LogP) is 2.44. The highest BCUT2D eigenvalue weighted by atomic mass is 16.6. The van der Waals surface area contributed by atoms with Crippen molar-refractivity contribution < 1.29 is 24.0 Å². The van der Waals surface area contributed by atoms with Gasteiger partial charge in [-0.3, -0.25) is 24.5 Å². The topological polar surface area (TPSA) is 119 Å². The molecule has 0 saturated carbocycles. The van der Waals surface area contributed by atoms with E-state index in [2.05, 4.69) is 5.32 Å². The van der Waals surface area contributed by atoms with Crippen LogP contribution in [0, 0.1) is 23.0 Å². The summed E-state index contributed by atoms with van der Waals surface area (Å²) in [5, 5.41) is 13.2. The van der Waals surface area contributed by atoms with Crippen LogP contribution in [0.2, 0.25) is 0 Å².